The van der Waals surface area contributed by atoms with Gasteiger partial charge in [-0.1, -0.05) is 6.08 Å². The summed E-state index contributed by atoms with van der Waals surface area (Å²) in [7, 11) is 0. The summed E-state index contributed by atoms with van der Waals surface area (Å²) in [4.78, 5) is 10.9. The minimum Gasteiger partial charge on any atom is -0.463 e. The first-order chi connectivity index (χ1) is 6.63. The standard InChI is InChI=1S/C10H16O4/c1-2-14-10(13)4-3-7-5-8(11)9(12)6-7/h3-4,7-9,11-12H,2,5-6H2,1H3/b4-3+/t7?,8-,9+. The van der Waals surface area contributed by atoms with E-state index in [2.05, 4.69) is 0 Å². The van der Waals surface area contributed by atoms with Crippen LogP contribution in [0.4, 0.5) is 0 Å². The summed E-state index contributed by atoms with van der Waals surface area (Å²) in [5, 5.41) is 18.5. The van der Waals surface area contributed by atoms with Crippen LogP contribution in [0.25, 0.3) is 0 Å². The molecule has 4 heteroatoms. The quantitative estimate of drug-likeness (QED) is 0.506. The number of esters is 1. The van der Waals surface area contributed by atoms with Gasteiger partial charge < -0.3 is 14.9 Å². The Kier molecular flexibility index (Phi) is 4.10. The summed E-state index contributed by atoms with van der Waals surface area (Å²) in [6.07, 6.45) is 2.75. The molecule has 0 aromatic rings. The maximum atomic E-state index is 10.9. The van der Waals surface area contributed by atoms with E-state index in [9.17, 15) is 15.0 Å². The van der Waals surface area contributed by atoms with Crippen molar-refractivity contribution in [3.05, 3.63) is 12.2 Å². The lowest BCUT2D eigenvalue weighted by atomic mass is 10.1. The average Bonchev–Trinajstić information content (AvgIpc) is 2.44. The number of hydrogen-bond donors (Lipinski definition) is 2. The third-order valence-electron chi connectivity index (χ3n) is 2.32. The van der Waals surface area contributed by atoms with Crippen LogP contribution in [-0.4, -0.2) is 35.0 Å². The van der Waals surface area contributed by atoms with Crippen LogP contribution >= 0.6 is 0 Å². The second-order valence-corrected chi connectivity index (χ2v) is 3.48. The molecule has 0 saturated heterocycles. The molecular formula is C10H16O4. The number of carbonyl (C=O) groups excluding carboxylic acids is 1. The number of carbonyl (C=O) groups is 1. The predicted molar refractivity (Wildman–Crippen MR) is 50.5 cm³/mol. The number of allylic oxidation sites excluding steroid dienone is 1. The minimum atomic E-state index is -0.660. The molecule has 2 N–H and O–H groups in total. The van der Waals surface area contributed by atoms with Crippen LogP contribution in [0.3, 0.4) is 0 Å². The van der Waals surface area contributed by atoms with Crippen molar-refractivity contribution in [2.24, 2.45) is 5.92 Å². The van der Waals surface area contributed by atoms with E-state index in [1.165, 1.54) is 6.08 Å². The Labute approximate surface area is 83.2 Å². The van der Waals surface area contributed by atoms with Gasteiger partial charge in [-0.25, -0.2) is 4.79 Å². The van der Waals surface area contributed by atoms with Gasteiger partial charge in [-0.15, -0.1) is 0 Å². The van der Waals surface area contributed by atoms with Gasteiger partial charge in [-0.3, -0.25) is 0 Å². The third kappa shape index (κ3) is 3.12. The molecule has 1 saturated carbocycles. The van der Waals surface area contributed by atoms with Gasteiger partial charge in [0.05, 0.1) is 18.8 Å². The smallest absolute Gasteiger partial charge is 0.330 e. The highest BCUT2D eigenvalue weighted by Crippen LogP contribution is 2.26. The topological polar surface area (TPSA) is 66.8 Å². The Morgan fingerprint density at radius 1 is 1.43 bits per heavy atom. The largest absolute Gasteiger partial charge is 0.463 e. The average molecular weight is 200 g/mol. The molecule has 0 aliphatic heterocycles. The van der Waals surface area contributed by atoms with Gasteiger partial charge in [-0.05, 0) is 25.7 Å². The maximum absolute atomic E-state index is 10.9. The summed E-state index contributed by atoms with van der Waals surface area (Å²) < 4.78 is 4.70. The molecule has 1 rings (SSSR count). The highest BCUT2D eigenvalue weighted by Gasteiger charge is 2.29. The van der Waals surface area contributed by atoms with Crippen LogP contribution in [0.5, 0.6) is 0 Å². The van der Waals surface area contributed by atoms with Gasteiger partial charge in [0, 0.05) is 6.08 Å². The van der Waals surface area contributed by atoms with Crippen molar-refractivity contribution >= 4 is 5.97 Å². The van der Waals surface area contributed by atoms with Gasteiger partial charge >= 0.3 is 5.97 Å². The number of hydrogen-bond acceptors (Lipinski definition) is 4. The van der Waals surface area contributed by atoms with Crippen molar-refractivity contribution in [2.45, 2.75) is 32.0 Å². The van der Waals surface area contributed by atoms with Crippen molar-refractivity contribution in [2.75, 3.05) is 6.61 Å². The molecule has 4 nitrogen and oxygen atoms in total. The zero-order valence-electron chi connectivity index (χ0n) is 8.22. The molecule has 0 amide bonds. The lowest BCUT2D eigenvalue weighted by Crippen LogP contribution is -2.17. The highest BCUT2D eigenvalue weighted by molar-refractivity contribution is 5.81. The van der Waals surface area contributed by atoms with Crippen LogP contribution in [0.15, 0.2) is 12.2 Å². The molecule has 0 spiro atoms. The fourth-order valence-corrected chi connectivity index (χ4v) is 1.59. The number of rotatable bonds is 3. The molecule has 0 bridgehead atoms. The van der Waals surface area contributed by atoms with Crippen molar-refractivity contribution in [1.82, 2.24) is 0 Å². The predicted octanol–water partition coefficient (Wildman–Crippen LogP) is 0.238. The molecule has 80 valence electrons. The Balaban J connectivity index is 2.35. The van der Waals surface area contributed by atoms with Crippen LogP contribution in [0.1, 0.15) is 19.8 Å². The lowest BCUT2D eigenvalue weighted by Gasteiger charge is -2.03. The minimum absolute atomic E-state index is 0.0735. The molecule has 0 radical (unpaired) electrons. The van der Waals surface area contributed by atoms with Crippen molar-refractivity contribution < 1.29 is 19.7 Å². The van der Waals surface area contributed by atoms with Crippen LogP contribution in [0.2, 0.25) is 0 Å². The second kappa shape index (κ2) is 5.12. The Morgan fingerprint density at radius 2 is 2.00 bits per heavy atom. The monoisotopic (exact) mass is 200 g/mol. The molecule has 1 aliphatic rings. The van der Waals surface area contributed by atoms with Gasteiger partial charge in [0.15, 0.2) is 0 Å². The first-order valence-corrected chi connectivity index (χ1v) is 4.84. The van der Waals surface area contributed by atoms with E-state index >= 15 is 0 Å². The van der Waals surface area contributed by atoms with E-state index in [1.807, 2.05) is 0 Å². The van der Waals surface area contributed by atoms with Crippen molar-refractivity contribution in [3.63, 3.8) is 0 Å². The summed E-state index contributed by atoms with van der Waals surface area (Å²) >= 11 is 0. The molecule has 0 aromatic carbocycles. The SMILES string of the molecule is CCOC(=O)/C=C/C1C[C@@H](O)[C@@H](O)C1. The van der Waals surface area contributed by atoms with E-state index in [-0.39, 0.29) is 11.9 Å². The van der Waals surface area contributed by atoms with E-state index in [0.29, 0.717) is 19.4 Å². The zero-order valence-corrected chi connectivity index (χ0v) is 8.22. The molecule has 1 fully saturated rings. The maximum Gasteiger partial charge on any atom is 0.330 e. The molecule has 0 heterocycles. The van der Waals surface area contributed by atoms with Crippen molar-refractivity contribution in [1.29, 1.82) is 0 Å². The van der Waals surface area contributed by atoms with E-state index in [4.69, 9.17) is 4.74 Å². The van der Waals surface area contributed by atoms with Crippen LogP contribution in [-0.2, 0) is 9.53 Å². The zero-order chi connectivity index (χ0) is 10.6. The number of aliphatic hydroxyl groups is 2. The third-order valence-corrected chi connectivity index (χ3v) is 2.32. The van der Waals surface area contributed by atoms with E-state index in [1.54, 1.807) is 13.0 Å². The molecule has 0 aromatic heterocycles. The summed E-state index contributed by atoms with van der Waals surface area (Å²) in [6, 6.07) is 0. The van der Waals surface area contributed by atoms with E-state index < -0.39 is 12.2 Å². The van der Waals surface area contributed by atoms with Gasteiger partial charge in [0.2, 0.25) is 0 Å². The summed E-state index contributed by atoms with van der Waals surface area (Å²) in [5.41, 5.74) is 0. The highest BCUT2D eigenvalue weighted by atomic mass is 16.5. The fourth-order valence-electron chi connectivity index (χ4n) is 1.59. The summed E-state index contributed by atoms with van der Waals surface area (Å²) in [5.74, 6) is -0.298. The van der Waals surface area contributed by atoms with Gasteiger partial charge in [0.25, 0.3) is 0 Å². The van der Waals surface area contributed by atoms with Crippen LogP contribution in [0, 0.1) is 5.92 Å². The Bertz CT molecular complexity index is 214. The molecule has 14 heavy (non-hydrogen) atoms. The van der Waals surface area contributed by atoms with Gasteiger partial charge in [0.1, 0.15) is 0 Å². The second-order valence-electron chi connectivity index (χ2n) is 3.48. The Hall–Kier alpha value is -0.870. The number of aliphatic hydroxyl groups excluding tert-OH is 2. The molecule has 3 atom stereocenters. The fraction of sp³-hybridized carbons (Fsp3) is 0.700. The van der Waals surface area contributed by atoms with Crippen LogP contribution < -0.4 is 0 Å². The summed E-state index contributed by atoms with van der Waals surface area (Å²) in [6.45, 7) is 2.11. The lowest BCUT2D eigenvalue weighted by molar-refractivity contribution is -0.137. The Morgan fingerprint density at radius 3 is 2.50 bits per heavy atom. The van der Waals surface area contributed by atoms with E-state index in [0.717, 1.165) is 0 Å². The molecular weight excluding hydrogens is 184 g/mol. The normalized spacial score (nSPS) is 32.4. The number of ether oxygens (including phenoxy) is 1. The molecule has 1 unspecified atom stereocenters. The first kappa shape index (κ1) is 11.2. The molecule has 1 aliphatic carbocycles. The van der Waals surface area contributed by atoms with Gasteiger partial charge in [-0.2, -0.15) is 0 Å². The first-order valence-electron chi connectivity index (χ1n) is 4.84. The van der Waals surface area contributed by atoms with Crippen molar-refractivity contribution in [3.8, 4) is 0 Å².